The van der Waals surface area contributed by atoms with Crippen molar-refractivity contribution in [3.05, 3.63) is 64.2 Å². The fourth-order valence-electron chi connectivity index (χ4n) is 2.42. The maximum Gasteiger partial charge on any atom is 0.269 e. The van der Waals surface area contributed by atoms with Crippen LogP contribution in [0.15, 0.2) is 53.4 Å². The molecule has 0 radical (unpaired) electrons. The first-order chi connectivity index (χ1) is 13.1. The molecule has 150 valence electrons. The number of aliphatic hydroxyl groups excluding tert-OH is 2. The second-order valence-electron chi connectivity index (χ2n) is 5.91. The molecule has 0 spiro atoms. The molecule has 0 fully saturated rings. The van der Waals surface area contributed by atoms with E-state index < -0.39 is 33.7 Å². The molecule has 0 bridgehead atoms. The number of rotatable bonds is 8. The molecule has 0 heterocycles. The SMILES string of the molecule is CC(=O)Nc1ccc(S(=O)(=O)N[C@H](CO)[C@H](O)c2ccc([N+](=O)[O-])cc2)cc1. The van der Waals surface area contributed by atoms with Crippen molar-refractivity contribution in [2.45, 2.75) is 24.0 Å². The standard InChI is InChI=1S/C17H19N3O7S/c1-11(22)18-13-4-8-15(9-5-13)28(26,27)19-16(10-21)17(23)12-2-6-14(7-3-12)20(24)25/h2-9,16-17,19,21,23H,10H2,1H3,(H,18,22)/t16-,17-/m1/s1. The lowest BCUT2D eigenvalue weighted by molar-refractivity contribution is -0.384. The number of carbonyl (C=O) groups is 1. The first-order valence-corrected chi connectivity index (χ1v) is 9.55. The summed E-state index contributed by atoms with van der Waals surface area (Å²) in [4.78, 5) is 21.0. The zero-order chi connectivity index (χ0) is 20.9. The fraction of sp³-hybridized carbons (Fsp3) is 0.235. The summed E-state index contributed by atoms with van der Waals surface area (Å²) in [5.41, 5.74) is 0.431. The van der Waals surface area contributed by atoms with Crippen LogP contribution >= 0.6 is 0 Å². The third kappa shape index (κ3) is 5.33. The summed E-state index contributed by atoms with van der Waals surface area (Å²) in [5.74, 6) is -0.305. The summed E-state index contributed by atoms with van der Waals surface area (Å²) in [6.45, 7) is 0.610. The average molecular weight is 409 g/mol. The van der Waals surface area contributed by atoms with E-state index in [0.29, 0.717) is 5.69 Å². The van der Waals surface area contributed by atoms with Crippen LogP contribution in [0.25, 0.3) is 0 Å². The van der Waals surface area contributed by atoms with E-state index in [9.17, 15) is 33.5 Å². The zero-order valence-corrected chi connectivity index (χ0v) is 15.6. The highest BCUT2D eigenvalue weighted by atomic mass is 32.2. The van der Waals surface area contributed by atoms with Crippen LogP contribution in [0.4, 0.5) is 11.4 Å². The lowest BCUT2D eigenvalue weighted by Gasteiger charge is -2.22. The second-order valence-corrected chi connectivity index (χ2v) is 7.62. The van der Waals surface area contributed by atoms with Gasteiger partial charge in [-0.1, -0.05) is 0 Å². The van der Waals surface area contributed by atoms with Gasteiger partial charge in [-0.2, -0.15) is 0 Å². The monoisotopic (exact) mass is 409 g/mol. The molecule has 0 saturated carbocycles. The molecule has 2 aromatic carbocycles. The van der Waals surface area contributed by atoms with Crippen LogP contribution in [-0.2, 0) is 14.8 Å². The molecule has 0 aliphatic heterocycles. The van der Waals surface area contributed by atoms with Crippen LogP contribution in [0.3, 0.4) is 0 Å². The Kier molecular flexibility index (Phi) is 6.80. The number of amides is 1. The summed E-state index contributed by atoms with van der Waals surface area (Å²) in [6, 6.07) is 8.95. The van der Waals surface area contributed by atoms with Crippen molar-refractivity contribution in [2.75, 3.05) is 11.9 Å². The average Bonchev–Trinajstić information content (AvgIpc) is 2.65. The Balaban J connectivity index is 2.17. The fourth-order valence-corrected chi connectivity index (χ4v) is 3.65. The third-order valence-corrected chi connectivity index (χ3v) is 5.32. The number of benzene rings is 2. The van der Waals surface area contributed by atoms with Gasteiger partial charge < -0.3 is 15.5 Å². The smallest absolute Gasteiger partial charge is 0.269 e. The van der Waals surface area contributed by atoms with Gasteiger partial charge in [-0.15, -0.1) is 0 Å². The first-order valence-electron chi connectivity index (χ1n) is 8.07. The maximum absolute atomic E-state index is 12.5. The lowest BCUT2D eigenvalue weighted by atomic mass is 10.0. The Morgan fingerprint density at radius 3 is 2.18 bits per heavy atom. The van der Waals surface area contributed by atoms with E-state index in [2.05, 4.69) is 10.0 Å². The Hall–Kier alpha value is -2.86. The van der Waals surface area contributed by atoms with Gasteiger partial charge in [0.1, 0.15) is 0 Å². The number of anilines is 1. The van der Waals surface area contributed by atoms with E-state index in [-0.39, 0.29) is 22.1 Å². The Morgan fingerprint density at radius 1 is 1.14 bits per heavy atom. The molecular formula is C17H19N3O7S. The van der Waals surface area contributed by atoms with Crippen LogP contribution in [-0.4, -0.2) is 42.1 Å². The van der Waals surface area contributed by atoms with Crippen molar-refractivity contribution >= 4 is 27.3 Å². The van der Waals surface area contributed by atoms with E-state index in [1.54, 1.807) is 0 Å². The van der Waals surface area contributed by atoms with Crippen molar-refractivity contribution in [1.29, 1.82) is 0 Å². The van der Waals surface area contributed by atoms with E-state index in [0.717, 1.165) is 0 Å². The first kappa shape index (κ1) is 21.4. The predicted octanol–water partition coefficient (Wildman–Crippen LogP) is 0.926. The highest BCUT2D eigenvalue weighted by Crippen LogP contribution is 2.22. The van der Waals surface area contributed by atoms with Crippen molar-refractivity contribution in [3.63, 3.8) is 0 Å². The molecule has 11 heteroatoms. The van der Waals surface area contributed by atoms with Gasteiger partial charge in [0.2, 0.25) is 15.9 Å². The third-order valence-electron chi connectivity index (χ3n) is 3.81. The van der Waals surface area contributed by atoms with Crippen molar-refractivity contribution in [2.24, 2.45) is 0 Å². The Labute approximate surface area is 161 Å². The normalized spacial score (nSPS) is 13.5. The number of aliphatic hydroxyl groups is 2. The molecule has 2 rings (SSSR count). The number of carbonyl (C=O) groups excluding carboxylic acids is 1. The summed E-state index contributed by atoms with van der Waals surface area (Å²) in [6.07, 6.45) is -1.43. The molecule has 0 aliphatic carbocycles. The van der Waals surface area contributed by atoms with Gasteiger partial charge >= 0.3 is 0 Å². The minimum absolute atomic E-state index is 0.129. The number of sulfonamides is 1. The summed E-state index contributed by atoms with van der Waals surface area (Å²) in [7, 11) is -4.08. The van der Waals surface area contributed by atoms with Crippen molar-refractivity contribution < 1.29 is 28.3 Å². The molecule has 0 aliphatic rings. The van der Waals surface area contributed by atoms with Crippen LogP contribution in [0, 0.1) is 10.1 Å². The molecule has 0 saturated heterocycles. The number of hydrogen-bond donors (Lipinski definition) is 4. The predicted molar refractivity (Wildman–Crippen MR) is 100.0 cm³/mol. The number of nitro groups is 1. The molecule has 1 amide bonds. The molecule has 10 nitrogen and oxygen atoms in total. The van der Waals surface area contributed by atoms with E-state index in [4.69, 9.17) is 0 Å². The molecule has 4 N–H and O–H groups in total. The quantitative estimate of drug-likeness (QED) is 0.373. The van der Waals surface area contributed by atoms with Gasteiger partial charge in [0.15, 0.2) is 0 Å². The van der Waals surface area contributed by atoms with Crippen LogP contribution in [0.1, 0.15) is 18.6 Å². The lowest BCUT2D eigenvalue weighted by Crippen LogP contribution is -2.41. The van der Waals surface area contributed by atoms with E-state index in [1.807, 2.05) is 0 Å². The number of nitrogens with zero attached hydrogens (tertiary/aromatic N) is 1. The number of hydrogen-bond acceptors (Lipinski definition) is 7. The van der Waals surface area contributed by atoms with E-state index >= 15 is 0 Å². The Morgan fingerprint density at radius 2 is 1.71 bits per heavy atom. The molecule has 0 unspecified atom stereocenters. The molecule has 2 atom stereocenters. The topological polar surface area (TPSA) is 159 Å². The highest BCUT2D eigenvalue weighted by molar-refractivity contribution is 7.89. The molecule has 2 aromatic rings. The van der Waals surface area contributed by atoms with Crippen molar-refractivity contribution in [1.82, 2.24) is 4.72 Å². The van der Waals surface area contributed by atoms with Crippen molar-refractivity contribution in [3.8, 4) is 0 Å². The minimum Gasteiger partial charge on any atom is -0.395 e. The van der Waals surface area contributed by atoms with Crippen LogP contribution < -0.4 is 10.0 Å². The van der Waals surface area contributed by atoms with E-state index in [1.165, 1.54) is 55.5 Å². The van der Waals surface area contributed by atoms with Gasteiger partial charge in [-0.05, 0) is 42.0 Å². The largest absolute Gasteiger partial charge is 0.395 e. The van der Waals surface area contributed by atoms with Gasteiger partial charge in [-0.25, -0.2) is 13.1 Å². The minimum atomic E-state index is -4.08. The second kappa shape index (κ2) is 8.89. The van der Waals surface area contributed by atoms with Gasteiger partial charge in [0.05, 0.1) is 28.6 Å². The number of nitro benzene ring substituents is 1. The summed E-state index contributed by atoms with van der Waals surface area (Å²) < 4.78 is 27.2. The Bertz CT molecular complexity index is 944. The van der Waals surface area contributed by atoms with Crippen LogP contribution in [0.2, 0.25) is 0 Å². The molecule has 0 aromatic heterocycles. The molecule has 28 heavy (non-hydrogen) atoms. The molecular weight excluding hydrogens is 390 g/mol. The van der Waals surface area contributed by atoms with Gasteiger partial charge in [-0.3, -0.25) is 14.9 Å². The summed E-state index contributed by atoms with van der Waals surface area (Å²) >= 11 is 0. The number of nitrogens with one attached hydrogen (secondary N) is 2. The van der Waals surface area contributed by atoms with Gasteiger partial charge in [0, 0.05) is 24.7 Å². The van der Waals surface area contributed by atoms with Gasteiger partial charge in [0.25, 0.3) is 5.69 Å². The highest BCUT2D eigenvalue weighted by Gasteiger charge is 2.27. The number of non-ortho nitro benzene ring substituents is 1. The zero-order valence-electron chi connectivity index (χ0n) is 14.8. The maximum atomic E-state index is 12.5. The van der Waals surface area contributed by atoms with Crippen LogP contribution in [0.5, 0.6) is 0 Å². The summed E-state index contributed by atoms with van der Waals surface area (Å²) in [5, 5.41) is 33.1.